The van der Waals surface area contributed by atoms with E-state index in [9.17, 15) is 13.2 Å². The maximum atomic E-state index is 13.4. The van der Waals surface area contributed by atoms with Gasteiger partial charge >= 0.3 is 0 Å². The number of thiazole rings is 1. The van der Waals surface area contributed by atoms with Gasteiger partial charge in [0.1, 0.15) is 14.8 Å². The minimum absolute atomic E-state index is 0.0126. The van der Waals surface area contributed by atoms with Gasteiger partial charge in [0.05, 0.1) is 11.4 Å². The van der Waals surface area contributed by atoms with Crippen LogP contribution in [0.4, 0.5) is 0 Å². The van der Waals surface area contributed by atoms with E-state index in [1.54, 1.807) is 10.4 Å². The molecule has 1 amide bonds. The van der Waals surface area contributed by atoms with E-state index >= 15 is 0 Å². The molecule has 2 aromatic rings. The summed E-state index contributed by atoms with van der Waals surface area (Å²) in [5.41, 5.74) is 2.15. The van der Waals surface area contributed by atoms with Gasteiger partial charge in [-0.05, 0) is 52.5 Å². The molecular formula is C21H30N4O3S2. The Morgan fingerprint density at radius 1 is 1.13 bits per heavy atom. The van der Waals surface area contributed by atoms with Gasteiger partial charge in [-0.1, -0.05) is 6.42 Å². The number of piperidine rings is 1. The van der Waals surface area contributed by atoms with Crippen LogP contribution in [0.1, 0.15) is 60.1 Å². The molecule has 2 aromatic heterocycles. The largest absolute Gasteiger partial charge is 0.345 e. The number of rotatable bonds is 4. The monoisotopic (exact) mass is 450 g/mol. The summed E-state index contributed by atoms with van der Waals surface area (Å²) in [5.74, 6) is 0.0367. The first-order valence-electron chi connectivity index (χ1n) is 10.7. The number of nitrogens with zero attached hydrogens (tertiary/aromatic N) is 4. The van der Waals surface area contributed by atoms with Crippen molar-refractivity contribution in [2.75, 3.05) is 19.6 Å². The summed E-state index contributed by atoms with van der Waals surface area (Å²) in [4.78, 5) is 20.4. The molecule has 4 rings (SSSR count). The van der Waals surface area contributed by atoms with Gasteiger partial charge in [-0.25, -0.2) is 13.4 Å². The zero-order valence-corrected chi connectivity index (χ0v) is 19.8. The summed E-state index contributed by atoms with van der Waals surface area (Å²) < 4.78 is 30.3. The Balaban J connectivity index is 1.70. The molecule has 2 fully saturated rings. The fourth-order valence-electron chi connectivity index (χ4n) is 4.46. The predicted molar refractivity (Wildman–Crippen MR) is 118 cm³/mol. The van der Waals surface area contributed by atoms with Crippen molar-refractivity contribution in [3.63, 3.8) is 0 Å². The molecule has 0 spiro atoms. The first-order valence-corrected chi connectivity index (χ1v) is 12.9. The molecule has 0 radical (unpaired) electrons. The highest BCUT2D eigenvalue weighted by Gasteiger charge is 2.34. The van der Waals surface area contributed by atoms with Crippen LogP contribution in [0.3, 0.4) is 0 Å². The standard InChI is InChI=1S/C21H30N4O3S2/c1-14-9-5-6-12-25(14)30(27,28)18-13-17(23(4)16(18)3)20-22-15(2)19(29-20)21(26)24-10-7-8-11-24/h13-14H,5-12H2,1-4H3. The zero-order valence-electron chi connectivity index (χ0n) is 18.1. The van der Waals surface area contributed by atoms with Crippen LogP contribution in [0.2, 0.25) is 0 Å². The highest BCUT2D eigenvalue weighted by atomic mass is 32.2. The number of hydrogen-bond donors (Lipinski definition) is 0. The summed E-state index contributed by atoms with van der Waals surface area (Å²) >= 11 is 1.36. The second-order valence-electron chi connectivity index (χ2n) is 8.43. The Kier molecular flexibility index (Phi) is 5.80. The summed E-state index contributed by atoms with van der Waals surface area (Å²) in [6.07, 6.45) is 4.95. The Bertz CT molecular complexity index is 1060. The van der Waals surface area contributed by atoms with Crippen molar-refractivity contribution >= 4 is 27.3 Å². The van der Waals surface area contributed by atoms with E-state index in [1.807, 2.05) is 37.3 Å². The fraction of sp³-hybridized carbons (Fsp3) is 0.619. The summed E-state index contributed by atoms with van der Waals surface area (Å²) in [7, 11) is -1.71. The molecule has 7 nitrogen and oxygen atoms in total. The zero-order chi connectivity index (χ0) is 21.6. The number of hydrogen-bond acceptors (Lipinski definition) is 5. The van der Waals surface area contributed by atoms with Gasteiger partial charge < -0.3 is 9.47 Å². The number of sulfonamides is 1. The first kappa shape index (κ1) is 21.5. The van der Waals surface area contributed by atoms with Crippen molar-refractivity contribution in [2.45, 2.75) is 63.8 Å². The highest BCUT2D eigenvalue weighted by Crippen LogP contribution is 2.35. The first-order chi connectivity index (χ1) is 14.2. The van der Waals surface area contributed by atoms with Crippen LogP contribution in [-0.2, 0) is 17.1 Å². The lowest BCUT2D eigenvalue weighted by Gasteiger charge is -2.32. The maximum Gasteiger partial charge on any atom is 0.265 e. The van der Waals surface area contributed by atoms with E-state index in [2.05, 4.69) is 4.98 Å². The molecule has 1 atom stereocenters. The average molecular weight is 451 g/mol. The number of carbonyl (C=O) groups excluding carboxylic acids is 1. The van der Waals surface area contributed by atoms with Crippen LogP contribution in [0.15, 0.2) is 11.0 Å². The number of aromatic nitrogens is 2. The van der Waals surface area contributed by atoms with Crippen molar-refractivity contribution < 1.29 is 13.2 Å². The lowest BCUT2D eigenvalue weighted by Crippen LogP contribution is -2.42. The van der Waals surface area contributed by atoms with Crippen molar-refractivity contribution in [3.8, 4) is 10.7 Å². The van der Waals surface area contributed by atoms with E-state index in [-0.39, 0.29) is 11.9 Å². The van der Waals surface area contributed by atoms with Gasteiger partial charge in [0, 0.05) is 38.4 Å². The van der Waals surface area contributed by atoms with Gasteiger partial charge in [-0.3, -0.25) is 4.79 Å². The van der Waals surface area contributed by atoms with E-state index in [1.165, 1.54) is 11.3 Å². The topological polar surface area (TPSA) is 75.5 Å². The third-order valence-corrected chi connectivity index (χ3v) is 9.72. The van der Waals surface area contributed by atoms with Crippen molar-refractivity contribution in [3.05, 3.63) is 22.3 Å². The van der Waals surface area contributed by atoms with Crippen LogP contribution < -0.4 is 0 Å². The van der Waals surface area contributed by atoms with E-state index in [0.29, 0.717) is 32.7 Å². The molecule has 0 bridgehead atoms. The maximum absolute atomic E-state index is 13.4. The minimum Gasteiger partial charge on any atom is -0.345 e. The molecule has 164 valence electrons. The molecule has 2 saturated heterocycles. The minimum atomic E-state index is -3.57. The SMILES string of the molecule is Cc1nc(-c2cc(S(=O)(=O)N3CCCCC3C)c(C)n2C)sc1C(=O)N1CCCC1. The van der Waals surface area contributed by atoms with Crippen LogP contribution >= 0.6 is 11.3 Å². The van der Waals surface area contributed by atoms with Gasteiger partial charge in [-0.15, -0.1) is 11.3 Å². The lowest BCUT2D eigenvalue weighted by molar-refractivity contribution is 0.0796. The second-order valence-corrected chi connectivity index (χ2v) is 11.3. The molecule has 30 heavy (non-hydrogen) atoms. The Morgan fingerprint density at radius 2 is 1.80 bits per heavy atom. The van der Waals surface area contributed by atoms with E-state index in [0.717, 1.165) is 50.9 Å². The molecule has 0 N–H and O–H groups in total. The third-order valence-electron chi connectivity index (χ3n) is 6.42. The van der Waals surface area contributed by atoms with E-state index < -0.39 is 10.0 Å². The van der Waals surface area contributed by atoms with Crippen LogP contribution in [0.25, 0.3) is 10.7 Å². The van der Waals surface area contributed by atoms with Crippen molar-refractivity contribution in [2.24, 2.45) is 7.05 Å². The average Bonchev–Trinajstić information content (AvgIpc) is 3.43. The second kappa shape index (κ2) is 8.09. The summed E-state index contributed by atoms with van der Waals surface area (Å²) in [6, 6.07) is 1.74. The summed E-state index contributed by atoms with van der Waals surface area (Å²) in [5, 5.41) is 0.689. The molecule has 9 heteroatoms. The van der Waals surface area contributed by atoms with Gasteiger partial charge in [-0.2, -0.15) is 4.31 Å². The van der Waals surface area contributed by atoms with Crippen LogP contribution in [0.5, 0.6) is 0 Å². The Hall–Kier alpha value is -1.71. The normalized spacial score (nSPS) is 20.8. The third kappa shape index (κ3) is 3.61. The predicted octanol–water partition coefficient (Wildman–Crippen LogP) is 3.56. The Labute approximate surface area is 182 Å². The van der Waals surface area contributed by atoms with Gasteiger partial charge in [0.2, 0.25) is 10.0 Å². The quantitative estimate of drug-likeness (QED) is 0.714. The molecule has 0 aliphatic carbocycles. The molecule has 0 aromatic carbocycles. The molecule has 1 unspecified atom stereocenters. The molecular weight excluding hydrogens is 420 g/mol. The molecule has 2 aliphatic rings. The molecule has 0 saturated carbocycles. The fourth-order valence-corrected chi connectivity index (χ4v) is 7.52. The Morgan fingerprint density at radius 3 is 2.47 bits per heavy atom. The van der Waals surface area contributed by atoms with Crippen molar-refractivity contribution in [1.29, 1.82) is 0 Å². The number of amides is 1. The number of likely N-dealkylation sites (tertiary alicyclic amines) is 1. The van der Waals surface area contributed by atoms with Crippen LogP contribution in [0, 0.1) is 13.8 Å². The van der Waals surface area contributed by atoms with E-state index in [4.69, 9.17) is 0 Å². The van der Waals surface area contributed by atoms with Crippen molar-refractivity contribution in [1.82, 2.24) is 18.8 Å². The van der Waals surface area contributed by atoms with Gasteiger partial charge in [0.15, 0.2) is 0 Å². The van der Waals surface area contributed by atoms with Gasteiger partial charge in [0.25, 0.3) is 5.91 Å². The smallest absolute Gasteiger partial charge is 0.265 e. The molecule has 4 heterocycles. The molecule has 2 aliphatic heterocycles. The lowest BCUT2D eigenvalue weighted by atomic mass is 10.1. The highest BCUT2D eigenvalue weighted by molar-refractivity contribution is 7.89. The number of carbonyl (C=O) groups is 1. The van der Waals surface area contributed by atoms with Crippen LogP contribution in [-0.4, -0.2) is 58.8 Å². The summed E-state index contributed by atoms with van der Waals surface area (Å²) in [6.45, 7) is 7.83. The number of aryl methyl sites for hydroxylation is 1.